The van der Waals surface area contributed by atoms with E-state index in [-0.39, 0.29) is 11.9 Å². The molecule has 1 aromatic carbocycles. The van der Waals surface area contributed by atoms with Crippen LogP contribution in [0.3, 0.4) is 0 Å². The Bertz CT molecular complexity index is 1090. The van der Waals surface area contributed by atoms with E-state index in [0.717, 1.165) is 36.9 Å². The van der Waals surface area contributed by atoms with Gasteiger partial charge in [0, 0.05) is 17.3 Å². The number of rotatable bonds is 6. The lowest BCUT2D eigenvalue weighted by molar-refractivity contribution is -0.124. The van der Waals surface area contributed by atoms with E-state index < -0.39 is 0 Å². The lowest BCUT2D eigenvalue weighted by Gasteiger charge is -2.30. The van der Waals surface area contributed by atoms with Crippen LogP contribution >= 0.6 is 11.8 Å². The zero-order valence-corrected chi connectivity index (χ0v) is 20.3. The van der Waals surface area contributed by atoms with Crippen molar-refractivity contribution in [1.82, 2.24) is 9.88 Å². The van der Waals surface area contributed by atoms with Gasteiger partial charge in [0.25, 0.3) is 5.91 Å². The molecule has 4 rings (SSSR count). The zero-order chi connectivity index (χ0) is 23.4. The van der Waals surface area contributed by atoms with E-state index in [2.05, 4.69) is 4.98 Å². The summed E-state index contributed by atoms with van der Waals surface area (Å²) in [5.74, 6) is 2.16. The van der Waals surface area contributed by atoms with E-state index in [0.29, 0.717) is 33.1 Å². The van der Waals surface area contributed by atoms with Crippen LogP contribution in [0.15, 0.2) is 40.2 Å². The van der Waals surface area contributed by atoms with E-state index in [4.69, 9.17) is 19.2 Å². The molecule has 2 aromatic rings. The van der Waals surface area contributed by atoms with Gasteiger partial charge in [-0.2, -0.15) is 0 Å². The van der Waals surface area contributed by atoms with Crippen LogP contribution < -0.4 is 14.2 Å². The molecule has 0 N–H and O–H groups in total. The highest BCUT2D eigenvalue weighted by Crippen LogP contribution is 2.43. The molecule has 2 fully saturated rings. The number of hydrogen-bond donors (Lipinski definition) is 0. The van der Waals surface area contributed by atoms with Gasteiger partial charge in [0.1, 0.15) is 0 Å². The summed E-state index contributed by atoms with van der Waals surface area (Å²) in [5.41, 5.74) is 1.63. The molecule has 1 saturated carbocycles. The van der Waals surface area contributed by atoms with Gasteiger partial charge in [0.15, 0.2) is 22.5 Å². The van der Waals surface area contributed by atoms with Crippen LogP contribution in [-0.4, -0.2) is 48.3 Å². The molecule has 1 saturated heterocycles. The third-order valence-electron chi connectivity index (χ3n) is 5.88. The van der Waals surface area contributed by atoms with Gasteiger partial charge in [-0.25, -0.2) is 9.98 Å². The fraction of sp³-hybridized carbons (Fsp3) is 0.400. The molecule has 1 aliphatic carbocycles. The Kier molecular flexibility index (Phi) is 7.23. The second kappa shape index (κ2) is 10.3. The molecule has 1 aromatic heterocycles. The van der Waals surface area contributed by atoms with E-state index in [1.807, 2.05) is 48.2 Å². The lowest BCUT2D eigenvalue weighted by Crippen LogP contribution is -2.40. The van der Waals surface area contributed by atoms with Crippen molar-refractivity contribution in [3.8, 4) is 17.2 Å². The monoisotopic (exact) mass is 467 g/mol. The average Bonchev–Trinajstić information content (AvgIpc) is 3.13. The van der Waals surface area contributed by atoms with Crippen molar-refractivity contribution in [1.29, 1.82) is 0 Å². The van der Waals surface area contributed by atoms with Crippen molar-refractivity contribution in [3.63, 3.8) is 0 Å². The molecule has 8 heteroatoms. The summed E-state index contributed by atoms with van der Waals surface area (Å²) in [4.78, 5) is 25.3. The molecule has 0 atom stereocenters. The fourth-order valence-corrected chi connectivity index (χ4v) is 5.33. The van der Waals surface area contributed by atoms with Crippen LogP contribution in [0.4, 0.5) is 5.82 Å². The van der Waals surface area contributed by atoms with Gasteiger partial charge in [0.05, 0.1) is 26.2 Å². The minimum absolute atomic E-state index is 0.0323. The highest BCUT2D eigenvalue weighted by atomic mass is 32.2. The Labute approximate surface area is 198 Å². The summed E-state index contributed by atoms with van der Waals surface area (Å²) in [6, 6.07) is 9.55. The third-order valence-corrected chi connectivity index (χ3v) is 6.86. The van der Waals surface area contributed by atoms with Gasteiger partial charge in [-0.15, -0.1) is 0 Å². The molecule has 0 bridgehead atoms. The standard InChI is InChI=1S/C25H29N3O4S/c1-16-9-8-12-21(26-16)27-25-28(18-10-6-5-7-11-18)24(29)20(33-25)15-17-13-14-19(30-2)23(32-4)22(17)31-3/h8-9,12-15,18H,5-7,10-11H2,1-4H3/b20-15-,27-25+. The van der Waals surface area contributed by atoms with Crippen molar-refractivity contribution in [2.75, 3.05) is 21.3 Å². The van der Waals surface area contributed by atoms with E-state index in [1.54, 1.807) is 21.3 Å². The molecule has 2 aliphatic rings. The number of methoxy groups -OCH3 is 3. The summed E-state index contributed by atoms with van der Waals surface area (Å²) in [7, 11) is 4.72. The Hall–Kier alpha value is -3.00. The number of carbonyl (C=O) groups excluding carboxylic acids is 1. The SMILES string of the molecule is COc1ccc(/C=C2\S/C(=N/c3cccc(C)n3)N(C3CCCCC3)C2=O)c(OC)c1OC. The number of amidine groups is 1. The molecule has 0 spiro atoms. The van der Waals surface area contributed by atoms with Crippen LogP contribution in [0.25, 0.3) is 6.08 Å². The second-order valence-corrected chi connectivity index (χ2v) is 9.04. The predicted octanol–water partition coefficient (Wildman–Crippen LogP) is 5.35. The molecular formula is C25H29N3O4S. The number of ether oxygens (including phenoxy) is 3. The maximum atomic E-state index is 13.6. The molecule has 33 heavy (non-hydrogen) atoms. The lowest BCUT2D eigenvalue weighted by atomic mass is 9.94. The number of hydrogen-bond acceptors (Lipinski definition) is 7. The van der Waals surface area contributed by atoms with Gasteiger partial charge in [0.2, 0.25) is 5.75 Å². The number of thioether (sulfide) groups is 1. The predicted molar refractivity (Wildman–Crippen MR) is 131 cm³/mol. The average molecular weight is 468 g/mol. The number of aliphatic imine (C=N–C) groups is 1. The van der Waals surface area contributed by atoms with Crippen molar-refractivity contribution >= 4 is 34.7 Å². The van der Waals surface area contributed by atoms with Crippen molar-refractivity contribution in [2.45, 2.75) is 45.1 Å². The number of aryl methyl sites for hydroxylation is 1. The zero-order valence-electron chi connectivity index (χ0n) is 19.5. The summed E-state index contributed by atoms with van der Waals surface area (Å²) in [6.07, 6.45) is 7.27. The largest absolute Gasteiger partial charge is 0.493 e. The van der Waals surface area contributed by atoms with Crippen molar-refractivity contribution < 1.29 is 19.0 Å². The van der Waals surface area contributed by atoms with Crippen LogP contribution in [0, 0.1) is 6.92 Å². The number of aromatic nitrogens is 1. The molecule has 1 amide bonds. The first kappa shape index (κ1) is 23.2. The molecule has 0 radical (unpaired) electrons. The van der Waals surface area contributed by atoms with E-state index in [9.17, 15) is 4.79 Å². The normalized spacial score (nSPS) is 19.4. The van der Waals surface area contributed by atoms with Gasteiger partial charge in [-0.05, 0) is 61.9 Å². The highest BCUT2D eigenvalue weighted by Gasteiger charge is 2.39. The number of benzene rings is 1. The topological polar surface area (TPSA) is 73.3 Å². The van der Waals surface area contributed by atoms with E-state index >= 15 is 0 Å². The Morgan fingerprint density at radius 2 is 1.79 bits per heavy atom. The Morgan fingerprint density at radius 3 is 2.45 bits per heavy atom. The van der Waals surface area contributed by atoms with E-state index in [1.165, 1.54) is 18.2 Å². The van der Waals surface area contributed by atoms with Crippen LogP contribution in [-0.2, 0) is 4.79 Å². The molecule has 7 nitrogen and oxygen atoms in total. The smallest absolute Gasteiger partial charge is 0.267 e. The van der Waals surface area contributed by atoms with Crippen molar-refractivity contribution in [2.24, 2.45) is 4.99 Å². The van der Waals surface area contributed by atoms with Gasteiger partial charge in [-0.3, -0.25) is 9.69 Å². The van der Waals surface area contributed by atoms with Gasteiger partial charge >= 0.3 is 0 Å². The minimum atomic E-state index is -0.0323. The highest BCUT2D eigenvalue weighted by molar-refractivity contribution is 8.18. The third kappa shape index (κ3) is 4.85. The molecule has 2 heterocycles. The Morgan fingerprint density at radius 1 is 1.03 bits per heavy atom. The van der Waals surface area contributed by atoms with Crippen LogP contribution in [0.5, 0.6) is 17.2 Å². The van der Waals surface area contributed by atoms with Crippen LogP contribution in [0.1, 0.15) is 43.4 Å². The van der Waals surface area contributed by atoms with Crippen molar-refractivity contribution in [3.05, 3.63) is 46.5 Å². The Balaban J connectivity index is 1.76. The first-order valence-electron chi connectivity index (χ1n) is 11.1. The molecule has 174 valence electrons. The van der Waals surface area contributed by atoms with Gasteiger partial charge < -0.3 is 14.2 Å². The number of amides is 1. The maximum absolute atomic E-state index is 13.6. The maximum Gasteiger partial charge on any atom is 0.267 e. The first-order valence-corrected chi connectivity index (χ1v) is 11.9. The summed E-state index contributed by atoms with van der Waals surface area (Å²) >= 11 is 1.38. The summed E-state index contributed by atoms with van der Waals surface area (Å²) < 4.78 is 16.5. The number of nitrogens with zero attached hydrogens (tertiary/aromatic N) is 3. The summed E-state index contributed by atoms with van der Waals surface area (Å²) in [5, 5.41) is 0.677. The second-order valence-electron chi connectivity index (χ2n) is 8.03. The number of carbonyl (C=O) groups is 1. The van der Waals surface area contributed by atoms with Crippen LogP contribution in [0.2, 0.25) is 0 Å². The molecule has 0 unspecified atom stereocenters. The molecule has 1 aliphatic heterocycles. The minimum Gasteiger partial charge on any atom is -0.493 e. The first-order chi connectivity index (χ1) is 16.0. The quantitative estimate of drug-likeness (QED) is 0.533. The fourth-order valence-electron chi connectivity index (χ4n) is 4.29. The van der Waals surface area contributed by atoms with Gasteiger partial charge in [-0.1, -0.05) is 25.3 Å². The summed E-state index contributed by atoms with van der Waals surface area (Å²) in [6.45, 7) is 1.93. The molecular weight excluding hydrogens is 438 g/mol. The number of pyridine rings is 1.